The molecule has 2 aromatic rings. The molecule has 0 unspecified atom stereocenters. The van der Waals surface area contributed by atoms with Gasteiger partial charge in [0.15, 0.2) is 0 Å². The molecule has 0 atom stereocenters. The van der Waals surface area contributed by atoms with E-state index in [1.807, 2.05) is 0 Å². The number of methoxy groups -OCH3 is 1. The summed E-state index contributed by atoms with van der Waals surface area (Å²) >= 11 is 5.91. The molecule has 0 aliphatic carbocycles. The van der Waals surface area contributed by atoms with Gasteiger partial charge in [0.05, 0.1) is 18.2 Å². The first-order valence-corrected chi connectivity index (χ1v) is 6.79. The number of carbonyl (C=O) groups is 2. The van der Waals surface area contributed by atoms with Gasteiger partial charge >= 0.3 is 5.97 Å². The highest BCUT2D eigenvalue weighted by molar-refractivity contribution is 6.31. The molecular weight excluding hydrogens is 306 g/mol. The maximum atomic E-state index is 12.4. The van der Waals surface area contributed by atoms with Crippen molar-refractivity contribution >= 4 is 29.2 Å². The van der Waals surface area contributed by atoms with Gasteiger partial charge in [0.25, 0.3) is 5.91 Å². The van der Waals surface area contributed by atoms with Gasteiger partial charge in [0.1, 0.15) is 5.75 Å². The van der Waals surface area contributed by atoms with E-state index in [0.717, 1.165) is 0 Å². The molecule has 2 aromatic carbocycles. The van der Waals surface area contributed by atoms with Gasteiger partial charge in [-0.25, -0.2) is 4.79 Å². The van der Waals surface area contributed by atoms with Gasteiger partial charge in [-0.3, -0.25) is 4.79 Å². The van der Waals surface area contributed by atoms with Gasteiger partial charge in [0, 0.05) is 10.7 Å². The molecule has 0 spiro atoms. The van der Waals surface area contributed by atoms with Crippen LogP contribution in [0.25, 0.3) is 0 Å². The Morgan fingerprint density at radius 1 is 1.18 bits per heavy atom. The van der Waals surface area contributed by atoms with Crippen molar-refractivity contribution < 1.29 is 19.4 Å². The lowest BCUT2D eigenvalue weighted by Crippen LogP contribution is -2.15. The van der Waals surface area contributed by atoms with Gasteiger partial charge in [-0.05, 0) is 42.8 Å². The van der Waals surface area contributed by atoms with E-state index >= 15 is 0 Å². The van der Waals surface area contributed by atoms with Crippen LogP contribution in [0.5, 0.6) is 5.75 Å². The Labute approximate surface area is 132 Å². The molecule has 114 valence electrons. The van der Waals surface area contributed by atoms with Crippen LogP contribution in [0.4, 0.5) is 5.69 Å². The minimum Gasteiger partial charge on any atom is -0.496 e. The molecule has 0 radical (unpaired) electrons. The number of hydrogen-bond acceptors (Lipinski definition) is 3. The number of anilines is 1. The molecule has 0 aliphatic rings. The van der Waals surface area contributed by atoms with Crippen LogP contribution in [-0.2, 0) is 0 Å². The highest BCUT2D eigenvalue weighted by Crippen LogP contribution is 2.25. The van der Waals surface area contributed by atoms with Crippen LogP contribution in [0.15, 0.2) is 36.4 Å². The van der Waals surface area contributed by atoms with Crippen LogP contribution in [-0.4, -0.2) is 24.1 Å². The third-order valence-corrected chi connectivity index (χ3v) is 3.45. The predicted molar refractivity (Wildman–Crippen MR) is 84.1 cm³/mol. The number of ether oxygens (including phenoxy) is 1. The quantitative estimate of drug-likeness (QED) is 0.902. The van der Waals surface area contributed by atoms with Gasteiger partial charge in [-0.2, -0.15) is 0 Å². The first kappa shape index (κ1) is 15.9. The molecule has 2 N–H and O–H groups in total. The van der Waals surface area contributed by atoms with Gasteiger partial charge in [-0.1, -0.05) is 17.7 Å². The number of benzene rings is 2. The Morgan fingerprint density at radius 3 is 2.55 bits per heavy atom. The van der Waals surface area contributed by atoms with Crippen molar-refractivity contribution in [2.24, 2.45) is 0 Å². The molecule has 0 fully saturated rings. The molecule has 0 heterocycles. The number of amides is 1. The number of nitrogens with one attached hydrogen (secondary N) is 1. The van der Waals surface area contributed by atoms with E-state index in [-0.39, 0.29) is 11.1 Å². The molecule has 0 saturated carbocycles. The zero-order chi connectivity index (χ0) is 16.3. The summed E-state index contributed by atoms with van der Waals surface area (Å²) < 4.78 is 5.14. The summed E-state index contributed by atoms with van der Waals surface area (Å²) in [5.41, 5.74) is 1.31. The average molecular weight is 320 g/mol. The molecule has 2 rings (SSSR count). The van der Waals surface area contributed by atoms with Crippen molar-refractivity contribution in [1.29, 1.82) is 0 Å². The van der Waals surface area contributed by atoms with E-state index < -0.39 is 11.9 Å². The fourth-order valence-electron chi connectivity index (χ4n) is 2.05. The van der Waals surface area contributed by atoms with Crippen molar-refractivity contribution in [2.45, 2.75) is 6.92 Å². The van der Waals surface area contributed by atoms with Crippen LogP contribution in [0.2, 0.25) is 5.02 Å². The first-order valence-electron chi connectivity index (χ1n) is 6.42. The molecule has 5 nitrogen and oxygen atoms in total. The van der Waals surface area contributed by atoms with Gasteiger partial charge in [0.2, 0.25) is 0 Å². The molecule has 6 heteroatoms. The van der Waals surface area contributed by atoms with Crippen LogP contribution in [0.1, 0.15) is 26.3 Å². The van der Waals surface area contributed by atoms with Crippen molar-refractivity contribution in [3.8, 4) is 5.75 Å². The Bertz CT molecular complexity index is 743. The van der Waals surface area contributed by atoms with E-state index in [2.05, 4.69) is 5.32 Å². The van der Waals surface area contributed by atoms with Crippen molar-refractivity contribution in [3.05, 3.63) is 58.1 Å². The lowest BCUT2D eigenvalue weighted by Gasteiger charge is -2.12. The number of carboxylic acids is 1. The normalized spacial score (nSPS) is 10.1. The number of halogens is 1. The lowest BCUT2D eigenvalue weighted by atomic mass is 10.1. The summed E-state index contributed by atoms with van der Waals surface area (Å²) in [5, 5.41) is 12.2. The third-order valence-electron chi connectivity index (χ3n) is 3.22. The van der Waals surface area contributed by atoms with Crippen LogP contribution in [0.3, 0.4) is 0 Å². The summed E-state index contributed by atoms with van der Waals surface area (Å²) in [6.45, 7) is 1.63. The van der Waals surface area contributed by atoms with Crippen LogP contribution in [0, 0.1) is 6.92 Å². The molecule has 1 amide bonds. The Kier molecular flexibility index (Phi) is 4.68. The van der Waals surface area contributed by atoms with Crippen LogP contribution >= 0.6 is 11.6 Å². The number of aromatic carboxylic acids is 1. The SMILES string of the molecule is COc1ccc(Cl)cc1C(=O)Nc1cccc(C(=O)O)c1C. The molecule has 22 heavy (non-hydrogen) atoms. The van der Waals surface area contributed by atoms with E-state index in [9.17, 15) is 9.59 Å². The Hall–Kier alpha value is -2.53. The second-order valence-electron chi connectivity index (χ2n) is 4.58. The first-order chi connectivity index (χ1) is 10.4. The number of rotatable bonds is 4. The fraction of sp³-hybridized carbons (Fsp3) is 0.125. The summed E-state index contributed by atoms with van der Waals surface area (Å²) in [5.74, 6) is -1.09. The van der Waals surface area contributed by atoms with E-state index in [1.54, 1.807) is 31.2 Å². The average Bonchev–Trinajstić information content (AvgIpc) is 2.49. The summed E-state index contributed by atoms with van der Waals surface area (Å²) in [6, 6.07) is 9.39. The van der Waals surface area contributed by atoms with Gasteiger partial charge in [-0.15, -0.1) is 0 Å². The summed E-state index contributed by atoms with van der Waals surface area (Å²) in [4.78, 5) is 23.5. The summed E-state index contributed by atoms with van der Waals surface area (Å²) in [7, 11) is 1.45. The molecule has 0 saturated heterocycles. The number of carboxylic acid groups (broad SMARTS) is 1. The maximum Gasteiger partial charge on any atom is 0.336 e. The molecule has 0 aromatic heterocycles. The molecular formula is C16H14ClNO4. The maximum absolute atomic E-state index is 12.4. The Balaban J connectivity index is 2.36. The summed E-state index contributed by atoms with van der Waals surface area (Å²) in [6.07, 6.45) is 0. The monoisotopic (exact) mass is 319 g/mol. The molecule has 0 bridgehead atoms. The van der Waals surface area contributed by atoms with Crippen molar-refractivity contribution in [1.82, 2.24) is 0 Å². The van der Waals surface area contributed by atoms with Crippen LogP contribution < -0.4 is 10.1 Å². The predicted octanol–water partition coefficient (Wildman–Crippen LogP) is 3.61. The van der Waals surface area contributed by atoms with E-state index in [4.69, 9.17) is 21.4 Å². The minimum atomic E-state index is -1.05. The van der Waals surface area contributed by atoms with Gasteiger partial charge < -0.3 is 15.2 Å². The van der Waals surface area contributed by atoms with Crippen molar-refractivity contribution in [3.63, 3.8) is 0 Å². The third kappa shape index (κ3) is 3.20. The minimum absolute atomic E-state index is 0.135. The number of carbonyl (C=O) groups excluding carboxylic acids is 1. The topological polar surface area (TPSA) is 75.6 Å². The zero-order valence-electron chi connectivity index (χ0n) is 12.0. The lowest BCUT2D eigenvalue weighted by molar-refractivity contribution is 0.0695. The zero-order valence-corrected chi connectivity index (χ0v) is 12.8. The second-order valence-corrected chi connectivity index (χ2v) is 5.02. The van der Waals surface area contributed by atoms with Crippen molar-refractivity contribution in [2.75, 3.05) is 12.4 Å². The highest BCUT2D eigenvalue weighted by Gasteiger charge is 2.16. The van der Waals surface area contributed by atoms with E-state index in [1.165, 1.54) is 19.2 Å². The van der Waals surface area contributed by atoms with E-state index in [0.29, 0.717) is 22.0 Å². The fourth-order valence-corrected chi connectivity index (χ4v) is 2.22. The largest absolute Gasteiger partial charge is 0.496 e. The second kappa shape index (κ2) is 6.49. The highest BCUT2D eigenvalue weighted by atomic mass is 35.5. The smallest absolute Gasteiger partial charge is 0.336 e. The standard InChI is InChI=1S/C16H14ClNO4/c1-9-11(16(20)21)4-3-5-13(9)18-15(19)12-8-10(17)6-7-14(12)22-2/h3-8H,1-2H3,(H,18,19)(H,20,21). The number of hydrogen-bond donors (Lipinski definition) is 2. The molecule has 0 aliphatic heterocycles. The Morgan fingerprint density at radius 2 is 1.91 bits per heavy atom.